The lowest BCUT2D eigenvalue weighted by atomic mass is 9.82. The molecule has 0 aliphatic heterocycles. The van der Waals surface area contributed by atoms with E-state index in [0.29, 0.717) is 11.7 Å². The number of hydrogen-bond acceptors (Lipinski definition) is 1. The van der Waals surface area contributed by atoms with Gasteiger partial charge in [-0.1, -0.05) is 40.7 Å². The van der Waals surface area contributed by atoms with Gasteiger partial charge in [-0.05, 0) is 47.4 Å². The zero-order valence-corrected chi connectivity index (χ0v) is 11.4. The molecule has 0 saturated carbocycles. The number of phenolic OH excluding ortho intramolecular Hbond substituents is 1. The highest BCUT2D eigenvalue weighted by Gasteiger charge is 2.18. The number of rotatable bonds is 2. The predicted octanol–water partition coefficient (Wildman–Crippen LogP) is 4.20. The zero-order valence-electron chi connectivity index (χ0n) is 11.4. The van der Waals surface area contributed by atoms with Gasteiger partial charge < -0.3 is 5.11 Å². The molecule has 1 aromatic rings. The summed E-state index contributed by atoms with van der Waals surface area (Å²) >= 11 is 0. The van der Waals surface area contributed by atoms with Crippen LogP contribution in [-0.2, 0) is 11.8 Å². The first-order valence-corrected chi connectivity index (χ1v) is 6.04. The third-order valence-corrected chi connectivity index (χ3v) is 2.86. The van der Waals surface area contributed by atoms with E-state index in [1.165, 1.54) is 11.1 Å². The molecular formula is C15H24O. The van der Waals surface area contributed by atoms with Gasteiger partial charge in [0.2, 0.25) is 0 Å². The second kappa shape index (κ2) is 4.48. The average molecular weight is 220 g/mol. The highest BCUT2D eigenvalue weighted by Crippen LogP contribution is 2.32. The van der Waals surface area contributed by atoms with Crippen LogP contribution in [0, 0.1) is 12.8 Å². The minimum atomic E-state index is 0.0952. The molecule has 0 atom stereocenters. The summed E-state index contributed by atoms with van der Waals surface area (Å²) in [7, 11) is 0. The van der Waals surface area contributed by atoms with Crippen LogP contribution in [0.5, 0.6) is 5.75 Å². The van der Waals surface area contributed by atoms with Crippen LogP contribution in [0.15, 0.2) is 12.1 Å². The quantitative estimate of drug-likeness (QED) is 0.792. The summed E-state index contributed by atoms with van der Waals surface area (Å²) in [4.78, 5) is 0. The highest BCUT2D eigenvalue weighted by atomic mass is 16.3. The fraction of sp³-hybridized carbons (Fsp3) is 0.600. The molecule has 0 unspecified atom stereocenters. The second-order valence-corrected chi connectivity index (χ2v) is 6.14. The monoisotopic (exact) mass is 220 g/mol. The summed E-state index contributed by atoms with van der Waals surface area (Å²) in [5.74, 6) is 1.02. The molecule has 0 aliphatic rings. The molecular weight excluding hydrogens is 196 g/mol. The standard InChI is InChI=1S/C15H24O/c1-10(2)7-12-8-11(3)13(9-14(12)16)15(4,5)6/h8-10,16H,7H2,1-6H3. The van der Waals surface area contributed by atoms with Crippen LogP contribution in [0.25, 0.3) is 0 Å². The SMILES string of the molecule is Cc1cc(CC(C)C)c(O)cc1C(C)(C)C. The molecule has 0 aliphatic carbocycles. The molecule has 1 nitrogen and oxygen atoms in total. The van der Waals surface area contributed by atoms with Gasteiger partial charge in [-0.2, -0.15) is 0 Å². The van der Waals surface area contributed by atoms with Crippen LogP contribution >= 0.6 is 0 Å². The van der Waals surface area contributed by atoms with Gasteiger partial charge in [0, 0.05) is 0 Å². The van der Waals surface area contributed by atoms with Gasteiger partial charge in [0.05, 0.1) is 0 Å². The summed E-state index contributed by atoms with van der Waals surface area (Å²) in [6.07, 6.45) is 0.942. The van der Waals surface area contributed by atoms with Gasteiger partial charge in [0.15, 0.2) is 0 Å². The molecule has 0 amide bonds. The molecule has 0 bridgehead atoms. The molecule has 0 fully saturated rings. The molecule has 0 radical (unpaired) electrons. The Kier molecular flexibility index (Phi) is 3.67. The number of aryl methyl sites for hydroxylation is 1. The van der Waals surface area contributed by atoms with Crippen molar-refractivity contribution in [3.8, 4) is 5.75 Å². The summed E-state index contributed by atoms with van der Waals surface area (Å²) in [6.45, 7) is 13.0. The van der Waals surface area contributed by atoms with Crippen molar-refractivity contribution in [3.63, 3.8) is 0 Å². The summed E-state index contributed by atoms with van der Waals surface area (Å²) in [5, 5.41) is 10.0. The van der Waals surface area contributed by atoms with Crippen LogP contribution in [0.1, 0.15) is 51.3 Å². The van der Waals surface area contributed by atoms with Crippen LogP contribution in [0.4, 0.5) is 0 Å². The topological polar surface area (TPSA) is 20.2 Å². The Morgan fingerprint density at radius 2 is 1.75 bits per heavy atom. The van der Waals surface area contributed by atoms with Crippen LogP contribution in [0.2, 0.25) is 0 Å². The summed E-state index contributed by atoms with van der Waals surface area (Å²) in [5.41, 5.74) is 3.68. The first-order chi connectivity index (χ1) is 7.21. The van der Waals surface area contributed by atoms with Crippen molar-refractivity contribution in [2.45, 2.75) is 53.4 Å². The Labute approximate surface area is 99.5 Å². The van der Waals surface area contributed by atoms with E-state index in [9.17, 15) is 5.11 Å². The molecule has 1 N–H and O–H groups in total. The van der Waals surface area contributed by atoms with E-state index in [2.05, 4.69) is 47.6 Å². The van der Waals surface area contributed by atoms with Gasteiger partial charge in [-0.3, -0.25) is 0 Å². The first-order valence-electron chi connectivity index (χ1n) is 6.04. The second-order valence-electron chi connectivity index (χ2n) is 6.14. The van der Waals surface area contributed by atoms with Crippen molar-refractivity contribution < 1.29 is 5.11 Å². The van der Waals surface area contributed by atoms with E-state index in [1.54, 1.807) is 0 Å². The minimum absolute atomic E-state index is 0.0952. The van der Waals surface area contributed by atoms with Crippen molar-refractivity contribution >= 4 is 0 Å². The van der Waals surface area contributed by atoms with Gasteiger partial charge in [0.25, 0.3) is 0 Å². The van der Waals surface area contributed by atoms with E-state index in [-0.39, 0.29) is 5.41 Å². The summed E-state index contributed by atoms with van der Waals surface area (Å²) in [6, 6.07) is 4.07. The fourth-order valence-electron chi connectivity index (χ4n) is 2.17. The van der Waals surface area contributed by atoms with Gasteiger partial charge >= 0.3 is 0 Å². The normalized spacial score (nSPS) is 12.2. The minimum Gasteiger partial charge on any atom is -0.508 e. The molecule has 1 rings (SSSR count). The van der Waals surface area contributed by atoms with Crippen LogP contribution in [0.3, 0.4) is 0 Å². The smallest absolute Gasteiger partial charge is 0.119 e. The third kappa shape index (κ3) is 3.01. The lowest BCUT2D eigenvalue weighted by molar-refractivity contribution is 0.458. The maximum Gasteiger partial charge on any atom is 0.119 e. The lowest BCUT2D eigenvalue weighted by Crippen LogP contribution is -2.13. The van der Waals surface area contributed by atoms with Crippen molar-refractivity contribution in [1.29, 1.82) is 0 Å². The maximum atomic E-state index is 10.0. The Balaban J connectivity index is 3.17. The average Bonchev–Trinajstić information content (AvgIpc) is 2.07. The Morgan fingerprint density at radius 3 is 2.19 bits per heavy atom. The molecule has 0 heterocycles. The Bertz CT molecular complexity index is 370. The van der Waals surface area contributed by atoms with Crippen molar-refractivity contribution in [1.82, 2.24) is 0 Å². The Hall–Kier alpha value is -0.980. The fourth-order valence-corrected chi connectivity index (χ4v) is 2.17. The summed E-state index contributed by atoms with van der Waals surface area (Å²) < 4.78 is 0. The number of aromatic hydroxyl groups is 1. The number of phenols is 1. The highest BCUT2D eigenvalue weighted by molar-refractivity contribution is 5.44. The van der Waals surface area contributed by atoms with Crippen molar-refractivity contribution in [2.75, 3.05) is 0 Å². The van der Waals surface area contributed by atoms with E-state index >= 15 is 0 Å². The number of benzene rings is 1. The van der Waals surface area contributed by atoms with E-state index in [0.717, 1.165) is 12.0 Å². The molecule has 1 aromatic carbocycles. The molecule has 1 heteroatoms. The van der Waals surface area contributed by atoms with E-state index in [1.807, 2.05) is 6.07 Å². The Morgan fingerprint density at radius 1 is 1.19 bits per heavy atom. The molecule has 0 saturated heterocycles. The zero-order chi connectivity index (χ0) is 12.5. The van der Waals surface area contributed by atoms with Crippen LogP contribution < -0.4 is 0 Å². The molecule has 0 spiro atoms. The van der Waals surface area contributed by atoms with Crippen LogP contribution in [-0.4, -0.2) is 5.11 Å². The maximum absolute atomic E-state index is 10.0. The number of hydrogen-bond donors (Lipinski definition) is 1. The lowest BCUT2D eigenvalue weighted by Gasteiger charge is -2.23. The van der Waals surface area contributed by atoms with Gasteiger partial charge in [0.1, 0.15) is 5.75 Å². The third-order valence-electron chi connectivity index (χ3n) is 2.86. The molecule has 90 valence electrons. The molecule has 16 heavy (non-hydrogen) atoms. The largest absolute Gasteiger partial charge is 0.508 e. The van der Waals surface area contributed by atoms with E-state index in [4.69, 9.17) is 0 Å². The van der Waals surface area contributed by atoms with Gasteiger partial charge in [-0.25, -0.2) is 0 Å². The van der Waals surface area contributed by atoms with Crippen molar-refractivity contribution in [3.05, 3.63) is 28.8 Å². The van der Waals surface area contributed by atoms with Crippen molar-refractivity contribution in [2.24, 2.45) is 5.92 Å². The first kappa shape index (κ1) is 13.1. The van der Waals surface area contributed by atoms with E-state index < -0.39 is 0 Å². The molecule has 0 aromatic heterocycles. The van der Waals surface area contributed by atoms with Gasteiger partial charge in [-0.15, -0.1) is 0 Å². The predicted molar refractivity (Wildman–Crippen MR) is 70.1 cm³/mol.